The first-order valence-corrected chi connectivity index (χ1v) is 10.2. The van der Waals surface area contributed by atoms with Crippen LogP contribution in [-0.2, 0) is 22.5 Å². The largest absolute Gasteiger partial charge is 0.441 e. The number of nitrogens with one attached hydrogen (secondary N) is 1. The number of ether oxygens (including phenoxy) is 2. The van der Waals surface area contributed by atoms with Gasteiger partial charge in [-0.15, -0.1) is 10.2 Å². The van der Waals surface area contributed by atoms with E-state index < -0.39 is 0 Å². The van der Waals surface area contributed by atoms with Crippen molar-refractivity contribution in [3.63, 3.8) is 0 Å². The maximum absolute atomic E-state index is 6.16. The summed E-state index contributed by atoms with van der Waals surface area (Å²) < 4.78 is 18.0. The van der Waals surface area contributed by atoms with E-state index in [4.69, 9.17) is 13.9 Å². The van der Waals surface area contributed by atoms with Gasteiger partial charge in [-0.25, -0.2) is 4.98 Å². The molecule has 0 saturated heterocycles. The Kier molecular flexibility index (Phi) is 6.31. The number of hydrogen-bond donors (Lipinski definition) is 1. The molecule has 2 heterocycles. The monoisotopic (exact) mass is 397 g/mol. The summed E-state index contributed by atoms with van der Waals surface area (Å²) in [4.78, 5) is 4.66. The van der Waals surface area contributed by atoms with Gasteiger partial charge >= 0.3 is 0 Å². The van der Waals surface area contributed by atoms with Gasteiger partial charge in [-0.05, 0) is 51.7 Å². The van der Waals surface area contributed by atoms with Crippen molar-refractivity contribution < 1.29 is 13.9 Å². The fraction of sp³-hybridized carbons (Fsp3) is 0.524. The van der Waals surface area contributed by atoms with Gasteiger partial charge in [-0.2, -0.15) is 5.21 Å². The van der Waals surface area contributed by atoms with E-state index in [0.29, 0.717) is 31.3 Å². The third-order valence-corrected chi connectivity index (χ3v) is 5.26. The number of hydrogen-bond acceptors (Lipinski definition) is 7. The molecule has 3 aromatic rings. The van der Waals surface area contributed by atoms with Gasteiger partial charge in [0.15, 0.2) is 5.82 Å². The fourth-order valence-corrected chi connectivity index (χ4v) is 3.67. The fourth-order valence-electron chi connectivity index (χ4n) is 3.67. The molecule has 1 saturated carbocycles. The van der Waals surface area contributed by atoms with Crippen molar-refractivity contribution in [2.75, 3.05) is 6.61 Å². The summed E-state index contributed by atoms with van der Waals surface area (Å²) in [5, 5.41) is 13.9. The highest BCUT2D eigenvalue weighted by Crippen LogP contribution is 2.27. The van der Waals surface area contributed by atoms with Crippen LogP contribution in [0.25, 0.3) is 11.5 Å². The zero-order valence-corrected chi connectivity index (χ0v) is 16.9. The summed E-state index contributed by atoms with van der Waals surface area (Å²) in [6, 6.07) is 8.17. The number of aromatic nitrogens is 5. The second-order valence-corrected chi connectivity index (χ2v) is 7.56. The average molecular weight is 397 g/mol. The van der Waals surface area contributed by atoms with Gasteiger partial charge in [-0.3, -0.25) is 0 Å². The van der Waals surface area contributed by atoms with Crippen molar-refractivity contribution in [2.45, 2.75) is 64.8 Å². The summed E-state index contributed by atoms with van der Waals surface area (Å²) >= 11 is 0. The van der Waals surface area contributed by atoms with E-state index in [-0.39, 0.29) is 12.2 Å². The predicted molar refractivity (Wildman–Crippen MR) is 106 cm³/mol. The van der Waals surface area contributed by atoms with Gasteiger partial charge in [0.2, 0.25) is 5.89 Å². The van der Waals surface area contributed by atoms with Gasteiger partial charge < -0.3 is 13.9 Å². The van der Waals surface area contributed by atoms with Crippen molar-refractivity contribution in [3.05, 3.63) is 47.1 Å². The van der Waals surface area contributed by atoms with Crippen molar-refractivity contribution in [3.8, 4) is 11.5 Å². The third kappa shape index (κ3) is 5.27. The number of nitrogens with zero attached hydrogens (tertiary/aromatic N) is 4. The maximum Gasteiger partial charge on any atom is 0.226 e. The summed E-state index contributed by atoms with van der Waals surface area (Å²) in [6.45, 7) is 5.06. The van der Waals surface area contributed by atoms with Crippen LogP contribution in [0.1, 0.15) is 48.5 Å². The molecule has 2 atom stereocenters. The van der Waals surface area contributed by atoms with Crippen molar-refractivity contribution in [2.24, 2.45) is 0 Å². The van der Waals surface area contributed by atoms with Crippen LogP contribution in [0.5, 0.6) is 0 Å². The minimum atomic E-state index is 0.178. The molecule has 0 bridgehead atoms. The van der Waals surface area contributed by atoms with E-state index >= 15 is 0 Å². The lowest BCUT2D eigenvalue weighted by Crippen LogP contribution is -2.29. The van der Waals surface area contributed by atoms with Crippen molar-refractivity contribution >= 4 is 0 Å². The van der Waals surface area contributed by atoms with E-state index in [1.165, 1.54) is 5.56 Å². The van der Waals surface area contributed by atoms with E-state index in [2.05, 4.69) is 44.7 Å². The molecule has 154 valence electrons. The lowest BCUT2D eigenvalue weighted by Gasteiger charge is -2.29. The molecule has 8 nitrogen and oxygen atoms in total. The highest BCUT2D eigenvalue weighted by Gasteiger charge is 2.24. The molecule has 4 rings (SSSR count). The van der Waals surface area contributed by atoms with Gasteiger partial charge in [0.1, 0.15) is 11.5 Å². The van der Waals surface area contributed by atoms with Crippen LogP contribution in [0.15, 0.2) is 28.7 Å². The zero-order valence-electron chi connectivity index (χ0n) is 16.9. The van der Waals surface area contributed by atoms with Gasteiger partial charge in [-0.1, -0.05) is 22.9 Å². The molecule has 0 unspecified atom stereocenters. The second-order valence-electron chi connectivity index (χ2n) is 7.56. The van der Waals surface area contributed by atoms with Crippen LogP contribution in [0.3, 0.4) is 0 Å². The topological polar surface area (TPSA) is 99.0 Å². The van der Waals surface area contributed by atoms with Crippen LogP contribution in [0, 0.1) is 13.8 Å². The molecule has 1 N–H and O–H groups in total. The van der Waals surface area contributed by atoms with Crippen molar-refractivity contribution in [1.29, 1.82) is 0 Å². The first-order chi connectivity index (χ1) is 14.2. The van der Waals surface area contributed by atoms with E-state index in [9.17, 15) is 0 Å². The van der Waals surface area contributed by atoms with Crippen LogP contribution in [-0.4, -0.2) is 44.4 Å². The number of rotatable bonds is 8. The molecular formula is C21H27N5O3. The summed E-state index contributed by atoms with van der Waals surface area (Å²) in [7, 11) is 0. The number of benzene rings is 1. The van der Waals surface area contributed by atoms with E-state index in [0.717, 1.165) is 42.7 Å². The Morgan fingerprint density at radius 2 is 2.03 bits per heavy atom. The Bertz CT molecular complexity index is 909. The molecule has 0 spiro atoms. The standard InChI is InChI=1S/C21H27N5O3/c1-14-5-3-6-16(11-14)21-22-19(15(2)29-21)13-28-18-8-4-7-17(12-18)27-10-9-20-23-25-26-24-20/h3,5-6,11,17-18H,4,7-10,12-13H2,1-2H3,(H,23,24,25,26)/t17-,18+/m1/s1. The lowest BCUT2D eigenvalue weighted by atomic mass is 9.95. The molecular weight excluding hydrogens is 370 g/mol. The van der Waals surface area contributed by atoms with Crippen LogP contribution >= 0.6 is 0 Å². The molecule has 1 aliphatic carbocycles. The summed E-state index contributed by atoms with van der Waals surface area (Å²) in [5.41, 5.74) is 3.04. The normalized spacial score (nSPS) is 19.5. The first kappa shape index (κ1) is 19.7. The molecule has 29 heavy (non-hydrogen) atoms. The Morgan fingerprint density at radius 1 is 1.17 bits per heavy atom. The Hall–Kier alpha value is -2.58. The zero-order chi connectivity index (χ0) is 20.1. The summed E-state index contributed by atoms with van der Waals surface area (Å²) in [5.74, 6) is 2.14. The highest BCUT2D eigenvalue weighted by atomic mass is 16.5. The number of H-pyrrole nitrogens is 1. The van der Waals surface area contributed by atoms with E-state index in [1.54, 1.807) is 0 Å². The lowest BCUT2D eigenvalue weighted by molar-refractivity contribution is -0.0505. The average Bonchev–Trinajstić information content (AvgIpc) is 3.37. The predicted octanol–water partition coefficient (Wildman–Crippen LogP) is 3.56. The molecule has 1 aliphatic rings. The Morgan fingerprint density at radius 3 is 2.83 bits per heavy atom. The van der Waals surface area contributed by atoms with Crippen LogP contribution in [0.2, 0.25) is 0 Å². The van der Waals surface area contributed by atoms with Crippen LogP contribution in [0.4, 0.5) is 0 Å². The quantitative estimate of drug-likeness (QED) is 0.620. The number of aromatic amines is 1. The molecule has 0 radical (unpaired) electrons. The minimum absolute atomic E-state index is 0.178. The SMILES string of the molecule is Cc1cccc(-c2nc(CO[C@H]3CCC[C@@H](OCCc4nn[nH]n4)C3)c(C)o2)c1. The molecule has 2 aromatic heterocycles. The maximum atomic E-state index is 6.16. The molecule has 0 amide bonds. The second kappa shape index (κ2) is 9.28. The smallest absolute Gasteiger partial charge is 0.226 e. The highest BCUT2D eigenvalue weighted by molar-refractivity contribution is 5.54. The van der Waals surface area contributed by atoms with Gasteiger partial charge in [0, 0.05) is 12.0 Å². The third-order valence-electron chi connectivity index (χ3n) is 5.26. The van der Waals surface area contributed by atoms with Crippen molar-refractivity contribution in [1.82, 2.24) is 25.6 Å². The van der Waals surface area contributed by atoms with Crippen LogP contribution < -0.4 is 0 Å². The Balaban J connectivity index is 1.27. The number of tetrazole rings is 1. The first-order valence-electron chi connectivity index (χ1n) is 10.2. The molecule has 0 aliphatic heterocycles. The van der Waals surface area contributed by atoms with E-state index in [1.807, 2.05) is 19.1 Å². The minimum Gasteiger partial charge on any atom is -0.441 e. The molecule has 1 aromatic carbocycles. The molecule has 8 heteroatoms. The molecule has 1 fully saturated rings. The Labute approximate surface area is 170 Å². The number of aryl methyl sites for hydroxylation is 2. The summed E-state index contributed by atoms with van der Waals surface area (Å²) in [6.07, 6.45) is 5.16. The number of oxazole rings is 1. The van der Waals surface area contributed by atoms with Gasteiger partial charge in [0.05, 0.1) is 25.4 Å². The van der Waals surface area contributed by atoms with Gasteiger partial charge in [0.25, 0.3) is 0 Å².